The first kappa shape index (κ1) is 47.3. The third kappa shape index (κ3) is 3430. The summed E-state index contributed by atoms with van der Waals surface area (Å²) in [6.45, 7) is 0. The van der Waals surface area contributed by atoms with Crippen molar-refractivity contribution in [3.63, 3.8) is 0 Å². The fourth-order valence-electron chi connectivity index (χ4n) is 0. The van der Waals surface area contributed by atoms with Crippen molar-refractivity contribution in [1.82, 2.24) is 0 Å². The topological polar surface area (TPSA) is 392 Å². The molecule has 0 fully saturated rings. The summed E-state index contributed by atoms with van der Waals surface area (Å²) >= 11 is 0. The Kier molecular flexibility index (Phi) is 35.6. The van der Waals surface area contributed by atoms with Crippen molar-refractivity contribution in [2.45, 2.75) is 0 Å². The van der Waals surface area contributed by atoms with Crippen molar-refractivity contribution in [1.29, 1.82) is 0 Å². The van der Waals surface area contributed by atoms with E-state index in [1.165, 1.54) is 0 Å². The molecule has 0 amide bonds. The molecule has 20 nitrogen and oxygen atoms in total. The van der Waals surface area contributed by atoms with E-state index in [1.54, 1.807) is 0 Å². The molecule has 0 unspecified atom stereocenters. The van der Waals surface area contributed by atoms with Crippen LogP contribution in [-0.4, -0.2) is 79.5 Å². The molecule has 0 saturated carbocycles. The second-order valence-electron chi connectivity index (χ2n) is 2.54. The van der Waals surface area contributed by atoms with E-state index in [0.29, 0.717) is 0 Å². The van der Waals surface area contributed by atoms with E-state index in [4.69, 9.17) is 96.2 Å². The van der Waals surface area contributed by atoms with Gasteiger partial charge in [-0.1, -0.05) is 0 Å². The summed E-state index contributed by atoms with van der Waals surface area (Å²) in [6, 6.07) is 0. The molecule has 27 heteroatoms. The van der Waals surface area contributed by atoms with Crippen LogP contribution in [-0.2, 0) is 22.8 Å². The zero-order valence-corrected chi connectivity index (χ0v) is 19.5. The number of hydrogen-bond acceptors (Lipinski definition) is 6. The van der Waals surface area contributed by atoms with Gasteiger partial charge in [-0.05, 0) is 11.0 Å². The summed E-state index contributed by atoms with van der Waals surface area (Å²) in [5.41, 5.74) is 0. The van der Waals surface area contributed by atoms with Gasteiger partial charge in [-0.3, -0.25) is 4.57 Å². The molecule has 0 atom stereocenters. The van der Waals surface area contributed by atoms with Crippen LogP contribution in [0.5, 0.6) is 0 Å². The molecule has 0 aliphatic heterocycles. The minimum Gasteiger partial charge on any atom is -0.756 e. The van der Waals surface area contributed by atoms with Crippen molar-refractivity contribution < 1.29 is 148 Å². The van der Waals surface area contributed by atoms with Gasteiger partial charge in [0.2, 0.25) is 0 Å². The molecule has 0 aliphatic carbocycles. The molecular formula is H18KO20P5Si. The van der Waals surface area contributed by atoms with Crippen LogP contribution in [0.15, 0.2) is 0 Å². The van der Waals surface area contributed by atoms with Crippen molar-refractivity contribution in [2.24, 2.45) is 0 Å². The molecule has 0 radical (unpaired) electrons. The molecule has 0 bridgehead atoms. The van der Waals surface area contributed by atoms with Gasteiger partial charge in [0.1, 0.15) is 0 Å². The Bertz CT molecular complexity index is 377. The maximum atomic E-state index is 8.88. The minimum atomic E-state index is -4.89. The quantitative estimate of drug-likeness (QED) is 0.0965. The average molecular weight is 560 g/mol. The van der Waals surface area contributed by atoms with Gasteiger partial charge in [0.05, 0.1) is 0 Å². The van der Waals surface area contributed by atoms with Crippen molar-refractivity contribution in [3.8, 4) is 0 Å². The third-order valence-electron chi connectivity index (χ3n) is 0. The van der Waals surface area contributed by atoms with Gasteiger partial charge in [0, 0.05) is 0 Å². The predicted octanol–water partition coefficient (Wildman–Crippen LogP) is -9.72. The summed E-state index contributed by atoms with van der Waals surface area (Å²) in [5, 5.41) is 0. The van der Waals surface area contributed by atoms with E-state index < -0.39 is 39.1 Å². The van der Waals surface area contributed by atoms with Crippen LogP contribution in [0.2, 0.25) is 0 Å². The molecule has 0 aliphatic rings. The van der Waals surface area contributed by atoms with E-state index >= 15 is 0 Å². The van der Waals surface area contributed by atoms with Crippen LogP contribution >= 0.6 is 39.1 Å². The smallest absolute Gasteiger partial charge is 0.756 e. The van der Waals surface area contributed by atoms with Gasteiger partial charge in [0.25, 0.3) is 7.82 Å². The summed E-state index contributed by atoms with van der Waals surface area (Å²) in [5.74, 6) is 0. The Morgan fingerprint density at radius 1 is 0.407 bits per heavy atom. The van der Waals surface area contributed by atoms with Crippen LogP contribution in [0, 0.1) is 0 Å². The van der Waals surface area contributed by atoms with Crippen LogP contribution in [0.1, 0.15) is 0 Å². The third-order valence-corrected chi connectivity index (χ3v) is 0. The van der Waals surface area contributed by atoms with E-state index in [0.717, 1.165) is 0 Å². The van der Waals surface area contributed by atoms with Crippen LogP contribution in [0.25, 0.3) is 0 Å². The first-order valence-corrected chi connectivity index (χ1v) is 11.7. The zero-order valence-electron chi connectivity index (χ0n) is 11.9. The summed E-state index contributed by atoms with van der Waals surface area (Å²) in [4.78, 5) is 109. The van der Waals surface area contributed by atoms with Crippen molar-refractivity contribution in [3.05, 3.63) is 0 Å². The van der Waals surface area contributed by atoms with E-state index in [9.17, 15) is 0 Å². The molecular weight excluding hydrogens is 542 g/mol. The molecule has 27 heavy (non-hydrogen) atoms. The van der Waals surface area contributed by atoms with E-state index in [1.807, 2.05) is 0 Å². The largest absolute Gasteiger partial charge is 1.00 e. The fraction of sp³-hybridized carbons (Fsp3) is 0. The fourth-order valence-corrected chi connectivity index (χ4v) is 0. The molecule has 0 aromatic rings. The average Bonchev–Trinajstić information content (AvgIpc) is 1.79. The summed E-state index contributed by atoms with van der Waals surface area (Å²) in [7, 11) is -23.4. The van der Waals surface area contributed by atoms with Crippen molar-refractivity contribution in [2.75, 3.05) is 0 Å². The Morgan fingerprint density at radius 3 is 0.407 bits per heavy atom. The van der Waals surface area contributed by atoms with Crippen molar-refractivity contribution >= 4 is 50.1 Å². The van der Waals surface area contributed by atoms with Gasteiger partial charge in [-0.25, -0.2) is 18.3 Å². The summed E-state index contributed by atoms with van der Waals surface area (Å²) in [6.07, 6.45) is 0. The molecule has 168 valence electrons. The monoisotopic (exact) mass is 560 g/mol. The zero-order chi connectivity index (χ0) is 22.5. The Labute approximate surface area is 196 Å². The Balaban J connectivity index is -0.0000000364. The maximum absolute atomic E-state index is 8.88. The normalized spacial score (nSPS) is 10.9. The molecule has 0 aromatic heterocycles. The van der Waals surface area contributed by atoms with Crippen LogP contribution in [0.4, 0.5) is 0 Å². The predicted molar refractivity (Wildman–Crippen MR) is 80.4 cm³/mol. The first-order chi connectivity index (χ1) is 10.0. The van der Waals surface area contributed by atoms with E-state index in [-0.39, 0.29) is 62.3 Å². The molecule has 0 heterocycles. The van der Waals surface area contributed by atoms with Gasteiger partial charge in [-0.15, -0.1) is 0 Å². The van der Waals surface area contributed by atoms with Crippen LogP contribution < -0.4 is 56.3 Å². The molecule has 0 rings (SSSR count). The Morgan fingerprint density at radius 2 is 0.407 bits per heavy atom. The van der Waals surface area contributed by atoms with Crippen LogP contribution in [0.3, 0.4) is 0 Å². The molecule has 0 spiro atoms. The minimum absolute atomic E-state index is 0. The second kappa shape index (κ2) is 20.3. The SMILES string of the molecule is O=P(O)(O)O.O=P(O)(O)O.O=P(O)(O)O.O=P(O)(O)O.O=P([O-])(O)O.[K+].[SiH4]. The van der Waals surface area contributed by atoms with Gasteiger partial charge in [0.15, 0.2) is 0 Å². The van der Waals surface area contributed by atoms with Gasteiger partial charge < -0.3 is 73.4 Å². The number of hydrogen-bond donors (Lipinski definition) is 14. The second-order valence-corrected chi connectivity index (χ2v) is 7.63. The van der Waals surface area contributed by atoms with Gasteiger partial charge >= 0.3 is 82.7 Å². The molecule has 14 N–H and O–H groups in total. The summed E-state index contributed by atoms with van der Waals surface area (Å²) < 4.78 is 44.3. The maximum Gasteiger partial charge on any atom is 1.00 e. The molecule has 0 saturated heterocycles. The van der Waals surface area contributed by atoms with E-state index in [2.05, 4.69) is 0 Å². The standard InChI is InChI=1S/K.5H3O4P.H4Si/c;5*1-5(2,3)4;/h;5*(H3,1,2,3,4);1H4/q+1;;;;;;/p-1. The molecule has 0 aromatic carbocycles. The number of rotatable bonds is 0. The van der Waals surface area contributed by atoms with Gasteiger partial charge in [-0.2, -0.15) is 0 Å². The Hall–Kier alpha value is 2.40. The first-order valence-electron chi connectivity index (χ1n) is 3.90. The number of phosphoric acid groups is 5.